The van der Waals surface area contributed by atoms with E-state index in [0.29, 0.717) is 35.3 Å². The van der Waals surface area contributed by atoms with Crippen molar-refractivity contribution in [2.75, 3.05) is 24.4 Å². The summed E-state index contributed by atoms with van der Waals surface area (Å²) < 4.78 is 12.6. The van der Waals surface area contributed by atoms with Crippen molar-refractivity contribution in [3.63, 3.8) is 0 Å². The first-order valence-corrected chi connectivity index (χ1v) is 9.66. The Morgan fingerprint density at radius 3 is 2.70 bits per heavy atom. The summed E-state index contributed by atoms with van der Waals surface area (Å²) in [4.78, 5) is 17.7. The van der Waals surface area contributed by atoms with Crippen LogP contribution in [0.15, 0.2) is 66.1 Å². The van der Waals surface area contributed by atoms with Gasteiger partial charge in [0.2, 0.25) is 5.95 Å². The van der Waals surface area contributed by atoms with Crippen molar-refractivity contribution < 1.29 is 14.3 Å². The predicted octanol–water partition coefficient (Wildman–Crippen LogP) is 3.61. The number of carbonyl (C=O) groups is 1. The van der Waals surface area contributed by atoms with Crippen LogP contribution in [0.5, 0.6) is 11.5 Å². The van der Waals surface area contributed by atoms with Crippen molar-refractivity contribution >= 4 is 17.5 Å². The highest BCUT2D eigenvalue weighted by atomic mass is 16.5. The predicted molar refractivity (Wildman–Crippen MR) is 114 cm³/mol. The topological polar surface area (TPSA) is 90.3 Å². The van der Waals surface area contributed by atoms with Gasteiger partial charge < -0.3 is 20.1 Å². The van der Waals surface area contributed by atoms with Gasteiger partial charge in [-0.1, -0.05) is 24.3 Å². The van der Waals surface area contributed by atoms with Crippen LogP contribution in [0.1, 0.15) is 25.5 Å². The minimum Gasteiger partial charge on any atom is -0.497 e. The normalized spacial score (nSPS) is 15.2. The molecule has 0 bridgehead atoms. The molecule has 0 fully saturated rings. The fourth-order valence-corrected chi connectivity index (χ4v) is 3.52. The molecule has 4 rings (SSSR count). The molecule has 30 heavy (non-hydrogen) atoms. The molecule has 1 aliphatic rings. The van der Waals surface area contributed by atoms with Crippen LogP contribution in [0.25, 0.3) is 0 Å². The minimum absolute atomic E-state index is 0.242. The molecule has 3 aromatic rings. The fourth-order valence-electron chi connectivity index (χ4n) is 3.52. The molecule has 2 aromatic carbocycles. The Bertz CT molecular complexity index is 1090. The summed E-state index contributed by atoms with van der Waals surface area (Å²) in [5, 5.41) is 10.5. The number of hydrogen-bond donors (Lipinski definition) is 2. The van der Waals surface area contributed by atoms with Crippen LogP contribution in [0.3, 0.4) is 0 Å². The number of rotatable bonds is 6. The SMILES string of the molecule is CCOc1ccccc1NC(=O)C1=C(C)Nc2ncnn2[C@H]1c1ccc(OC)cc1. The summed E-state index contributed by atoms with van der Waals surface area (Å²) in [6.45, 7) is 4.27. The van der Waals surface area contributed by atoms with Crippen molar-refractivity contribution in [3.8, 4) is 11.5 Å². The van der Waals surface area contributed by atoms with Gasteiger partial charge in [-0.05, 0) is 43.7 Å². The van der Waals surface area contributed by atoms with E-state index < -0.39 is 6.04 Å². The number of allylic oxidation sites excluding steroid dienone is 1. The summed E-state index contributed by atoms with van der Waals surface area (Å²) in [5.74, 6) is 1.70. The van der Waals surface area contributed by atoms with Crippen molar-refractivity contribution in [1.82, 2.24) is 14.8 Å². The van der Waals surface area contributed by atoms with Gasteiger partial charge in [0.1, 0.15) is 23.9 Å². The number of nitrogens with zero attached hydrogens (tertiary/aromatic N) is 3. The number of fused-ring (bicyclic) bond motifs is 1. The highest BCUT2D eigenvalue weighted by molar-refractivity contribution is 6.06. The lowest BCUT2D eigenvalue weighted by Crippen LogP contribution is -2.31. The molecular weight excluding hydrogens is 382 g/mol. The van der Waals surface area contributed by atoms with Gasteiger partial charge in [0.15, 0.2) is 0 Å². The summed E-state index contributed by atoms with van der Waals surface area (Å²) in [6.07, 6.45) is 1.47. The molecule has 8 heteroatoms. The number of anilines is 2. The summed E-state index contributed by atoms with van der Waals surface area (Å²) in [6, 6.07) is 14.5. The van der Waals surface area contributed by atoms with Gasteiger partial charge in [0, 0.05) is 5.70 Å². The average Bonchev–Trinajstić information content (AvgIpc) is 3.22. The van der Waals surface area contributed by atoms with Crippen LogP contribution >= 0.6 is 0 Å². The largest absolute Gasteiger partial charge is 0.497 e. The summed E-state index contributed by atoms with van der Waals surface area (Å²) >= 11 is 0. The second kappa shape index (κ2) is 8.28. The Morgan fingerprint density at radius 1 is 1.20 bits per heavy atom. The molecule has 0 radical (unpaired) electrons. The number of para-hydroxylation sites is 2. The Balaban J connectivity index is 1.73. The van der Waals surface area contributed by atoms with E-state index >= 15 is 0 Å². The standard InChI is InChI=1S/C22H23N5O3/c1-4-30-18-8-6-5-7-17(18)26-21(28)19-14(2)25-22-23-13-24-27(22)20(19)15-9-11-16(29-3)12-10-15/h5-13,20H,4H2,1-3H3,(H,26,28)(H,23,24,25)/t20-/m0/s1. The molecule has 154 valence electrons. The molecule has 0 aliphatic carbocycles. The number of nitrogens with one attached hydrogen (secondary N) is 2. The number of ether oxygens (including phenoxy) is 2. The molecule has 0 saturated carbocycles. The van der Waals surface area contributed by atoms with E-state index in [-0.39, 0.29) is 5.91 Å². The van der Waals surface area contributed by atoms with Crippen LogP contribution in [0.2, 0.25) is 0 Å². The zero-order valence-electron chi connectivity index (χ0n) is 17.0. The van der Waals surface area contributed by atoms with Gasteiger partial charge in [-0.25, -0.2) is 4.68 Å². The maximum Gasteiger partial charge on any atom is 0.255 e. The average molecular weight is 405 g/mol. The number of aromatic nitrogens is 3. The lowest BCUT2D eigenvalue weighted by atomic mass is 9.95. The quantitative estimate of drug-likeness (QED) is 0.651. The van der Waals surface area contributed by atoms with Crippen LogP contribution in [0, 0.1) is 0 Å². The molecule has 8 nitrogen and oxygen atoms in total. The Morgan fingerprint density at radius 2 is 1.97 bits per heavy atom. The Labute approximate surface area is 174 Å². The van der Waals surface area contributed by atoms with E-state index in [9.17, 15) is 4.79 Å². The summed E-state index contributed by atoms with van der Waals surface area (Å²) in [7, 11) is 1.62. The van der Waals surface area contributed by atoms with Gasteiger partial charge in [0.25, 0.3) is 5.91 Å². The highest BCUT2D eigenvalue weighted by Gasteiger charge is 2.33. The van der Waals surface area contributed by atoms with Crippen molar-refractivity contribution in [2.24, 2.45) is 0 Å². The van der Waals surface area contributed by atoms with Gasteiger partial charge in [-0.3, -0.25) is 4.79 Å². The number of amides is 1. The van der Waals surface area contributed by atoms with Crippen molar-refractivity contribution in [1.29, 1.82) is 0 Å². The van der Waals surface area contributed by atoms with Crippen LogP contribution < -0.4 is 20.1 Å². The molecular formula is C22H23N5O3. The zero-order valence-corrected chi connectivity index (χ0v) is 17.0. The maximum atomic E-state index is 13.4. The minimum atomic E-state index is -0.436. The van der Waals surface area contributed by atoms with Crippen LogP contribution in [-0.2, 0) is 4.79 Å². The molecule has 0 spiro atoms. The van der Waals surface area contributed by atoms with Crippen molar-refractivity contribution in [3.05, 3.63) is 71.7 Å². The third-order valence-corrected chi connectivity index (χ3v) is 4.91. The first-order chi connectivity index (χ1) is 14.6. The molecule has 1 aliphatic heterocycles. The first-order valence-electron chi connectivity index (χ1n) is 9.66. The van der Waals surface area contributed by atoms with Gasteiger partial charge in [-0.2, -0.15) is 10.1 Å². The lowest BCUT2D eigenvalue weighted by Gasteiger charge is -2.29. The van der Waals surface area contributed by atoms with Crippen LogP contribution in [0.4, 0.5) is 11.6 Å². The zero-order chi connectivity index (χ0) is 21.1. The lowest BCUT2D eigenvalue weighted by molar-refractivity contribution is -0.113. The molecule has 0 saturated heterocycles. The van der Waals surface area contributed by atoms with Gasteiger partial charge in [-0.15, -0.1) is 0 Å². The molecule has 0 unspecified atom stereocenters. The number of hydrogen-bond acceptors (Lipinski definition) is 6. The molecule has 2 N–H and O–H groups in total. The Hall–Kier alpha value is -3.81. The van der Waals surface area contributed by atoms with E-state index in [4.69, 9.17) is 9.47 Å². The summed E-state index contributed by atoms with van der Waals surface area (Å²) in [5.41, 5.74) is 2.77. The van der Waals surface area contributed by atoms with Crippen molar-refractivity contribution in [2.45, 2.75) is 19.9 Å². The number of benzene rings is 2. The van der Waals surface area contributed by atoms with Gasteiger partial charge >= 0.3 is 0 Å². The van der Waals surface area contributed by atoms with E-state index in [1.54, 1.807) is 11.8 Å². The smallest absolute Gasteiger partial charge is 0.255 e. The van der Waals surface area contributed by atoms with E-state index in [0.717, 1.165) is 11.3 Å². The third kappa shape index (κ3) is 3.59. The van der Waals surface area contributed by atoms with E-state index in [2.05, 4.69) is 20.7 Å². The molecule has 1 amide bonds. The van der Waals surface area contributed by atoms with E-state index in [1.807, 2.05) is 62.4 Å². The van der Waals surface area contributed by atoms with Crippen LogP contribution in [-0.4, -0.2) is 34.4 Å². The van der Waals surface area contributed by atoms with E-state index in [1.165, 1.54) is 6.33 Å². The second-order valence-electron chi connectivity index (χ2n) is 6.75. The molecule has 2 heterocycles. The fraction of sp³-hybridized carbons (Fsp3) is 0.227. The first kappa shape index (κ1) is 19.5. The molecule has 1 aromatic heterocycles. The second-order valence-corrected chi connectivity index (χ2v) is 6.75. The highest BCUT2D eigenvalue weighted by Crippen LogP contribution is 2.36. The number of methoxy groups -OCH3 is 1. The van der Waals surface area contributed by atoms with Gasteiger partial charge in [0.05, 0.1) is 25.0 Å². The molecule has 1 atom stereocenters. The number of carbonyl (C=O) groups excluding carboxylic acids is 1. The third-order valence-electron chi connectivity index (χ3n) is 4.91. The maximum absolute atomic E-state index is 13.4. The monoisotopic (exact) mass is 405 g/mol. The Kier molecular flexibility index (Phi) is 5.38.